The van der Waals surface area contributed by atoms with E-state index in [-0.39, 0.29) is 5.41 Å². The van der Waals surface area contributed by atoms with Gasteiger partial charge in [0.05, 0.1) is 16.7 Å². The van der Waals surface area contributed by atoms with Crippen LogP contribution >= 0.6 is 0 Å². The molecule has 3 heterocycles. The van der Waals surface area contributed by atoms with Gasteiger partial charge in [0, 0.05) is 51.3 Å². The Hall–Kier alpha value is -6.78. The fourth-order valence-electron chi connectivity index (χ4n) is 8.70. The van der Waals surface area contributed by atoms with Crippen molar-refractivity contribution >= 4 is 38.2 Å². The standard InChI is InChI=1S/C54H48N4/c1-6-7-10-19-38(3)57-36-43(54(4,5)46-26-17-18-27-49(46)57)31-28-37(2)42-30-32-48-45(34-42)52-44-25-16-15-20-39(44)29-33-50(52)58(48)51-35-47(40-21-11-8-12-22-40)55-53(56-51)41-23-13-9-14-24-41/h6-16,18-25,27-35H,3,17,26,36H2,1-2,4-5H3/b7-6-,19-10-,37-28+,43-31+. The summed E-state index contributed by atoms with van der Waals surface area (Å²) in [7, 11) is 0. The maximum Gasteiger partial charge on any atom is 0.162 e. The average molecular weight is 753 g/mol. The number of fused-ring (bicyclic) bond motifs is 5. The second-order valence-corrected chi connectivity index (χ2v) is 15.8. The monoisotopic (exact) mass is 752 g/mol. The normalized spacial score (nSPS) is 16.4. The van der Waals surface area contributed by atoms with E-state index in [0.717, 1.165) is 58.8 Å². The minimum Gasteiger partial charge on any atom is -0.338 e. The highest BCUT2D eigenvalue weighted by molar-refractivity contribution is 6.21. The SMILES string of the molecule is C=C(/C=C\C=C/C)N1C/C(=C\C=C(/C)c2ccc3c(c2)c2c4ccccc4ccc2n3-c2cc(-c3ccccc3)nc(-c3ccccc3)n2)C(C)(C)C2=C1C=CCC2. The molecule has 2 aliphatic rings. The molecule has 2 aromatic heterocycles. The van der Waals surface area contributed by atoms with Crippen molar-refractivity contribution in [3.63, 3.8) is 0 Å². The molecule has 0 unspecified atom stereocenters. The van der Waals surface area contributed by atoms with Crippen molar-refractivity contribution in [1.82, 2.24) is 19.4 Å². The molecular formula is C54H48N4. The van der Waals surface area contributed by atoms with Crippen molar-refractivity contribution in [2.24, 2.45) is 5.41 Å². The fraction of sp³-hybridized carbons (Fsp3) is 0.148. The van der Waals surface area contributed by atoms with Gasteiger partial charge in [0.1, 0.15) is 5.82 Å². The number of hydrogen-bond donors (Lipinski definition) is 0. The van der Waals surface area contributed by atoms with Gasteiger partial charge in [-0.05, 0) is 90.1 Å². The van der Waals surface area contributed by atoms with E-state index in [1.165, 1.54) is 49.5 Å². The van der Waals surface area contributed by atoms with E-state index in [9.17, 15) is 0 Å². The molecular weight excluding hydrogens is 705 g/mol. The average Bonchev–Trinajstić information content (AvgIpc) is 3.61. The van der Waals surface area contributed by atoms with E-state index in [1.807, 2.05) is 37.3 Å². The Morgan fingerprint density at radius 2 is 1.52 bits per heavy atom. The molecule has 0 radical (unpaired) electrons. The highest BCUT2D eigenvalue weighted by Gasteiger charge is 2.37. The number of hydrogen-bond acceptors (Lipinski definition) is 3. The predicted octanol–water partition coefficient (Wildman–Crippen LogP) is 14.0. The lowest BCUT2D eigenvalue weighted by Crippen LogP contribution is -2.38. The first-order valence-electron chi connectivity index (χ1n) is 20.3. The minimum absolute atomic E-state index is 0.0638. The lowest BCUT2D eigenvalue weighted by molar-refractivity contribution is 0.360. The van der Waals surface area contributed by atoms with Crippen LogP contribution in [0.1, 0.15) is 46.1 Å². The largest absolute Gasteiger partial charge is 0.338 e. The van der Waals surface area contributed by atoms with Gasteiger partial charge >= 0.3 is 0 Å². The number of nitrogens with zero attached hydrogens (tertiary/aromatic N) is 4. The number of allylic oxidation sites excluding steroid dienone is 10. The summed E-state index contributed by atoms with van der Waals surface area (Å²) in [6.45, 7) is 14.3. The zero-order valence-electron chi connectivity index (χ0n) is 33.8. The highest BCUT2D eigenvalue weighted by Crippen LogP contribution is 2.47. The van der Waals surface area contributed by atoms with Gasteiger partial charge in [-0.15, -0.1) is 0 Å². The summed E-state index contributed by atoms with van der Waals surface area (Å²) in [6.07, 6.45) is 19.7. The first kappa shape index (κ1) is 36.8. The molecule has 284 valence electrons. The molecule has 4 heteroatoms. The van der Waals surface area contributed by atoms with Crippen molar-refractivity contribution in [1.29, 1.82) is 0 Å². The van der Waals surface area contributed by atoms with Crippen molar-refractivity contribution in [2.45, 2.75) is 40.5 Å². The van der Waals surface area contributed by atoms with Gasteiger partial charge in [-0.25, -0.2) is 9.97 Å². The Labute approximate surface area is 341 Å². The lowest BCUT2D eigenvalue weighted by atomic mass is 9.70. The van der Waals surface area contributed by atoms with Crippen LogP contribution in [0.15, 0.2) is 199 Å². The molecule has 0 amide bonds. The van der Waals surface area contributed by atoms with Gasteiger partial charge in [0.25, 0.3) is 0 Å². The van der Waals surface area contributed by atoms with E-state index in [1.54, 1.807) is 0 Å². The van der Waals surface area contributed by atoms with Crippen LogP contribution in [-0.4, -0.2) is 26.0 Å². The van der Waals surface area contributed by atoms with Crippen LogP contribution < -0.4 is 0 Å². The quantitative estimate of drug-likeness (QED) is 0.145. The summed E-state index contributed by atoms with van der Waals surface area (Å²) in [5.74, 6) is 1.54. The molecule has 0 saturated carbocycles. The van der Waals surface area contributed by atoms with Gasteiger partial charge < -0.3 is 4.90 Å². The van der Waals surface area contributed by atoms with Crippen LogP contribution in [0.5, 0.6) is 0 Å². The lowest BCUT2D eigenvalue weighted by Gasteiger charge is -2.45. The zero-order chi connectivity index (χ0) is 39.8. The highest BCUT2D eigenvalue weighted by atomic mass is 15.2. The van der Waals surface area contributed by atoms with E-state index in [0.29, 0.717) is 5.82 Å². The van der Waals surface area contributed by atoms with Crippen molar-refractivity contribution in [3.05, 3.63) is 205 Å². The van der Waals surface area contributed by atoms with Crippen LogP contribution in [0.25, 0.3) is 66.6 Å². The number of aromatic nitrogens is 3. The van der Waals surface area contributed by atoms with Gasteiger partial charge in [0.2, 0.25) is 0 Å². The Balaban J connectivity index is 1.19. The summed E-state index contributed by atoms with van der Waals surface area (Å²) in [6, 6.07) is 42.9. The van der Waals surface area contributed by atoms with Crippen molar-refractivity contribution in [2.75, 3.05) is 6.54 Å². The molecule has 0 atom stereocenters. The number of benzene rings is 5. The first-order chi connectivity index (χ1) is 28.3. The van der Waals surface area contributed by atoms with E-state index >= 15 is 0 Å². The minimum atomic E-state index is -0.0638. The third-order valence-electron chi connectivity index (χ3n) is 11.9. The van der Waals surface area contributed by atoms with Gasteiger partial charge in [-0.2, -0.15) is 0 Å². The summed E-state index contributed by atoms with van der Waals surface area (Å²) < 4.78 is 2.32. The van der Waals surface area contributed by atoms with Crippen molar-refractivity contribution < 1.29 is 0 Å². The predicted molar refractivity (Wildman–Crippen MR) is 245 cm³/mol. The second-order valence-electron chi connectivity index (χ2n) is 15.8. The molecule has 5 aromatic carbocycles. The Morgan fingerprint density at radius 1 is 0.776 bits per heavy atom. The summed E-state index contributed by atoms with van der Waals surface area (Å²) in [4.78, 5) is 12.8. The van der Waals surface area contributed by atoms with Crippen LogP contribution in [0.2, 0.25) is 0 Å². The summed E-state index contributed by atoms with van der Waals surface area (Å²) in [5, 5.41) is 4.86. The van der Waals surface area contributed by atoms with Crippen molar-refractivity contribution in [3.8, 4) is 28.5 Å². The summed E-state index contributed by atoms with van der Waals surface area (Å²) >= 11 is 0. The molecule has 7 aromatic rings. The molecule has 9 rings (SSSR count). The summed E-state index contributed by atoms with van der Waals surface area (Å²) in [5.41, 5.74) is 12.7. The Bertz CT molecular complexity index is 2850. The van der Waals surface area contributed by atoms with Crippen LogP contribution in [0.3, 0.4) is 0 Å². The Kier molecular flexibility index (Phi) is 9.71. The van der Waals surface area contributed by atoms with Gasteiger partial charge in [0.15, 0.2) is 5.82 Å². The van der Waals surface area contributed by atoms with Crippen LogP contribution in [0.4, 0.5) is 0 Å². The third kappa shape index (κ3) is 6.65. The molecule has 1 aliphatic heterocycles. The third-order valence-corrected chi connectivity index (χ3v) is 11.9. The molecule has 0 spiro atoms. The van der Waals surface area contributed by atoms with E-state index < -0.39 is 0 Å². The van der Waals surface area contributed by atoms with Crippen LogP contribution in [0, 0.1) is 5.41 Å². The number of rotatable bonds is 8. The smallest absolute Gasteiger partial charge is 0.162 e. The topological polar surface area (TPSA) is 34.0 Å². The maximum atomic E-state index is 5.28. The fourth-order valence-corrected chi connectivity index (χ4v) is 8.70. The molecule has 4 nitrogen and oxygen atoms in total. The van der Waals surface area contributed by atoms with Crippen LogP contribution in [-0.2, 0) is 0 Å². The molecule has 0 bridgehead atoms. The molecule has 58 heavy (non-hydrogen) atoms. The Morgan fingerprint density at radius 3 is 2.31 bits per heavy atom. The van der Waals surface area contributed by atoms with Gasteiger partial charge in [-0.3, -0.25) is 4.57 Å². The van der Waals surface area contributed by atoms with E-state index in [4.69, 9.17) is 9.97 Å². The zero-order valence-corrected chi connectivity index (χ0v) is 33.8. The van der Waals surface area contributed by atoms with E-state index in [2.05, 4.69) is 176 Å². The van der Waals surface area contributed by atoms with Gasteiger partial charge in [-0.1, -0.05) is 154 Å². The maximum absolute atomic E-state index is 5.28. The molecule has 0 fully saturated rings. The second kappa shape index (κ2) is 15.3. The first-order valence-corrected chi connectivity index (χ1v) is 20.3. The molecule has 0 saturated heterocycles. The molecule has 0 N–H and O–H groups in total. The molecule has 1 aliphatic carbocycles.